The van der Waals surface area contributed by atoms with Crippen LogP contribution in [0.15, 0.2) is 12.1 Å². The molecular weight excluding hydrogens is 195 g/mol. The lowest BCUT2D eigenvalue weighted by molar-refractivity contribution is 0.246. The average molecular weight is 206 g/mol. The highest BCUT2D eigenvalue weighted by molar-refractivity contribution is 5.84. The molecule has 78 valence electrons. The monoisotopic (exact) mass is 206 g/mol. The number of hydrogen-bond donors (Lipinski definition) is 0. The molecule has 0 N–H and O–H groups in total. The largest absolute Gasteiger partial charge is 0.489 e. The summed E-state index contributed by atoms with van der Waals surface area (Å²) in [6.07, 6.45) is 0. The molecule has 1 atom stereocenters. The van der Waals surface area contributed by atoms with Crippen molar-refractivity contribution in [2.24, 2.45) is 0 Å². The molecule has 1 aliphatic rings. The molecule has 2 heterocycles. The third-order valence-corrected chi connectivity index (χ3v) is 2.85. The summed E-state index contributed by atoms with van der Waals surface area (Å²) >= 11 is 0. The summed E-state index contributed by atoms with van der Waals surface area (Å²) in [6.45, 7) is 4.55. The zero-order valence-electron chi connectivity index (χ0n) is 8.62. The predicted molar refractivity (Wildman–Crippen MR) is 54.6 cm³/mol. The molecule has 1 aromatic heterocycles. The first kappa shape index (κ1) is 8.71. The van der Waals surface area contributed by atoms with Gasteiger partial charge in [-0.25, -0.2) is 9.37 Å². The maximum absolute atomic E-state index is 13.5. The summed E-state index contributed by atoms with van der Waals surface area (Å²) in [5, 5.41) is 0. The van der Waals surface area contributed by atoms with Crippen LogP contribution in [0.25, 0.3) is 11.0 Å². The molecule has 1 aliphatic heterocycles. The number of rotatable bonds is 0. The van der Waals surface area contributed by atoms with Crippen molar-refractivity contribution in [3.05, 3.63) is 23.8 Å². The van der Waals surface area contributed by atoms with E-state index in [0.29, 0.717) is 12.1 Å². The van der Waals surface area contributed by atoms with Crippen LogP contribution in [-0.2, 0) is 0 Å². The van der Waals surface area contributed by atoms with Gasteiger partial charge in [-0.2, -0.15) is 0 Å². The molecule has 0 saturated heterocycles. The van der Waals surface area contributed by atoms with Gasteiger partial charge in [-0.1, -0.05) is 0 Å². The van der Waals surface area contributed by atoms with Crippen LogP contribution in [0, 0.1) is 12.7 Å². The van der Waals surface area contributed by atoms with E-state index in [2.05, 4.69) is 4.98 Å². The standard InChI is InChI=1S/C11H11FN2O/c1-6-5-15-9-4-3-8(12)10-11(9)14(6)7(2)13-10/h3-4,6H,5H2,1-2H3/t6-/m0/s1. The van der Waals surface area contributed by atoms with Gasteiger partial charge in [-0.15, -0.1) is 0 Å². The van der Waals surface area contributed by atoms with Gasteiger partial charge in [0.15, 0.2) is 5.82 Å². The number of aryl methyl sites for hydroxylation is 1. The van der Waals surface area contributed by atoms with Crippen LogP contribution in [0.3, 0.4) is 0 Å². The predicted octanol–water partition coefficient (Wildman–Crippen LogP) is 2.44. The lowest BCUT2D eigenvalue weighted by Crippen LogP contribution is -2.20. The van der Waals surface area contributed by atoms with Crippen LogP contribution in [0.1, 0.15) is 18.8 Å². The first-order valence-corrected chi connectivity index (χ1v) is 4.98. The molecular formula is C11H11FN2O. The van der Waals surface area contributed by atoms with Crippen molar-refractivity contribution in [3.8, 4) is 5.75 Å². The summed E-state index contributed by atoms with van der Waals surface area (Å²) in [6, 6.07) is 3.29. The smallest absolute Gasteiger partial charge is 0.151 e. The molecule has 0 saturated carbocycles. The third kappa shape index (κ3) is 1.02. The Balaban J connectivity index is 2.49. The molecule has 15 heavy (non-hydrogen) atoms. The van der Waals surface area contributed by atoms with Gasteiger partial charge < -0.3 is 9.30 Å². The van der Waals surface area contributed by atoms with Crippen molar-refractivity contribution in [1.82, 2.24) is 9.55 Å². The fourth-order valence-corrected chi connectivity index (χ4v) is 2.19. The number of halogens is 1. The molecule has 0 bridgehead atoms. The van der Waals surface area contributed by atoms with E-state index in [0.717, 1.165) is 17.1 Å². The number of ether oxygens (including phenoxy) is 1. The van der Waals surface area contributed by atoms with Gasteiger partial charge in [0.2, 0.25) is 0 Å². The van der Waals surface area contributed by atoms with E-state index >= 15 is 0 Å². The Kier molecular flexibility index (Phi) is 1.58. The molecule has 0 spiro atoms. The Labute approximate surface area is 86.5 Å². The highest BCUT2D eigenvalue weighted by Gasteiger charge is 2.23. The van der Waals surface area contributed by atoms with Crippen LogP contribution in [0.4, 0.5) is 4.39 Å². The summed E-state index contributed by atoms with van der Waals surface area (Å²) in [5.41, 5.74) is 1.20. The van der Waals surface area contributed by atoms with E-state index in [-0.39, 0.29) is 11.9 Å². The van der Waals surface area contributed by atoms with Crippen molar-refractivity contribution in [2.75, 3.05) is 6.61 Å². The van der Waals surface area contributed by atoms with Crippen molar-refractivity contribution < 1.29 is 9.13 Å². The maximum Gasteiger partial charge on any atom is 0.151 e. The summed E-state index contributed by atoms with van der Waals surface area (Å²) < 4.78 is 21.1. The third-order valence-electron chi connectivity index (χ3n) is 2.85. The minimum absolute atomic E-state index is 0.212. The quantitative estimate of drug-likeness (QED) is 0.662. The lowest BCUT2D eigenvalue weighted by Gasteiger charge is -2.23. The molecule has 0 aliphatic carbocycles. The summed E-state index contributed by atoms with van der Waals surface area (Å²) in [7, 11) is 0. The highest BCUT2D eigenvalue weighted by atomic mass is 19.1. The number of aromatic nitrogens is 2. The summed E-state index contributed by atoms with van der Waals surface area (Å²) in [5.74, 6) is 1.28. The van der Waals surface area contributed by atoms with Crippen LogP contribution in [-0.4, -0.2) is 16.2 Å². The topological polar surface area (TPSA) is 27.1 Å². The Morgan fingerprint density at radius 2 is 2.33 bits per heavy atom. The molecule has 3 nitrogen and oxygen atoms in total. The Morgan fingerprint density at radius 3 is 3.13 bits per heavy atom. The van der Waals surface area contributed by atoms with E-state index in [4.69, 9.17) is 4.74 Å². The normalized spacial score (nSPS) is 19.3. The van der Waals surface area contributed by atoms with Crippen molar-refractivity contribution >= 4 is 11.0 Å². The first-order valence-electron chi connectivity index (χ1n) is 4.98. The fourth-order valence-electron chi connectivity index (χ4n) is 2.19. The first-order chi connectivity index (χ1) is 7.18. The van der Waals surface area contributed by atoms with Gasteiger partial charge >= 0.3 is 0 Å². The molecule has 4 heteroatoms. The second-order valence-electron chi connectivity index (χ2n) is 3.93. The zero-order chi connectivity index (χ0) is 10.6. The van der Waals surface area contributed by atoms with Gasteiger partial charge in [0.25, 0.3) is 0 Å². The van der Waals surface area contributed by atoms with E-state index in [1.807, 2.05) is 18.4 Å². The fraction of sp³-hybridized carbons (Fsp3) is 0.364. The molecule has 0 unspecified atom stereocenters. The minimum atomic E-state index is -0.284. The average Bonchev–Trinajstić information content (AvgIpc) is 2.56. The molecule has 0 amide bonds. The highest BCUT2D eigenvalue weighted by Crippen LogP contribution is 2.34. The number of hydrogen-bond acceptors (Lipinski definition) is 2. The van der Waals surface area contributed by atoms with Crippen molar-refractivity contribution in [1.29, 1.82) is 0 Å². The van der Waals surface area contributed by atoms with Crippen LogP contribution >= 0.6 is 0 Å². The van der Waals surface area contributed by atoms with Crippen LogP contribution in [0.2, 0.25) is 0 Å². The van der Waals surface area contributed by atoms with Gasteiger partial charge in [0.05, 0.1) is 6.04 Å². The number of benzene rings is 1. The minimum Gasteiger partial charge on any atom is -0.489 e. The van der Waals surface area contributed by atoms with Crippen molar-refractivity contribution in [2.45, 2.75) is 19.9 Å². The second-order valence-corrected chi connectivity index (χ2v) is 3.93. The molecule has 0 radical (unpaired) electrons. The van der Waals surface area contributed by atoms with Crippen LogP contribution in [0.5, 0.6) is 5.75 Å². The molecule has 0 fully saturated rings. The van der Waals surface area contributed by atoms with Crippen molar-refractivity contribution in [3.63, 3.8) is 0 Å². The van der Waals surface area contributed by atoms with Gasteiger partial charge in [-0.3, -0.25) is 0 Å². The van der Waals surface area contributed by atoms with E-state index in [1.165, 1.54) is 6.07 Å². The summed E-state index contributed by atoms with van der Waals surface area (Å²) in [4.78, 5) is 4.24. The van der Waals surface area contributed by atoms with E-state index in [9.17, 15) is 4.39 Å². The maximum atomic E-state index is 13.5. The van der Waals surface area contributed by atoms with E-state index in [1.54, 1.807) is 6.07 Å². The molecule has 1 aromatic carbocycles. The Bertz CT molecular complexity index is 547. The van der Waals surface area contributed by atoms with Gasteiger partial charge in [-0.05, 0) is 26.0 Å². The molecule has 3 rings (SSSR count). The van der Waals surface area contributed by atoms with Crippen LogP contribution < -0.4 is 4.74 Å². The zero-order valence-corrected chi connectivity index (χ0v) is 8.62. The lowest BCUT2D eigenvalue weighted by atomic mass is 10.2. The Morgan fingerprint density at radius 1 is 1.53 bits per heavy atom. The number of nitrogens with zero attached hydrogens (tertiary/aromatic N) is 2. The number of imidazole rings is 1. The van der Waals surface area contributed by atoms with Gasteiger partial charge in [0.1, 0.15) is 29.2 Å². The van der Waals surface area contributed by atoms with Gasteiger partial charge in [0, 0.05) is 0 Å². The Hall–Kier alpha value is -1.58. The molecule has 2 aromatic rings. The SMILES string of the molecule is Cc1nc2c(F)ccc3c2n1[C@@H](C)CO3. The van der Waals surface area contributed by atoms with E-state index < -0.39 is 0 Å². The second kappa shape index (κ2) is 2.72.